The molecule has 1 aliphatic carbocycles. The van der Waals surface area contributed by atoms with E-state index in [1.54, 1.807) is 31.4 Å². The maximum Gasteiger partial charge on any atom is 0.188 e. The number of ketones is 1. The molecule has 1 aliphatic rings. The first-order valence-electron chi connectivity index (χ1n) is 7.08. The average molecular weight is 262 g/mol. The van der Waals surface area contributed by atoms with Crippen LogP contribution in [0.3, 0.4) is 0 Å². The molecule has 0 amide bonds. The summed E-state index contributed by atoms with van der Waals surface area (Å²) in [5.41, 5.74) is 0.689. The fraction of sp³-hybridized carbons (Fsp3) is 0.562. The van der Waals surface area contributed by atoms with E-state index in [-0.39, 0.29) is 18.5 Å². The van der Waals surface area contributed by atoms with Crippen LogP contribution in [0.2, 0.25) is 0 Å². The van der Waals surface area contributed by atoms with Crippen LogP contribution in [0.15, 0.2) is 24.3 Å². The third kappa shape index (κ3) is 4.35. The molecule has 0 aromatic heterocycles. The molecule has 1 saturated carbocycles. The fourth-order valence-electron chi connectivity index (χ4n) is 2.46. The van der Waals surface area contributed by atoms with E-state index in [9.17, 15) is 4.79 Å². The first-order valence-corrected chi connectivity index (χ1v) is 7.08. The van der Waals surface area contributed by atoms with Crippen LogP contribution in [0.5, 0.6) is 5.75 Å². The molecule has 0 radical (unpaired) electrons. The second-order valence-corrected chi connectivity index (χ2v) is 5.08. The maximum atomic E-state index is 12.0. The van der Waals surface area contributed by atoms with E-state index in [1.165, 1.54) is 25.7 Å². The normalized spacial score (nSPS) is 16.9. The highest BCUT2D eigenvalue weighted by molar-refractivity contribution is 5.97. The van der Waals surface area contributed by atoms with Crippen LogP contribution in [0.25, 0.3) is 0 Å². The lowest BCUT2D eigenvalue weighted by atomic mass is 10.1. The number of carbonyl (C=O) groups is 1. The molecule has 19 heavy (non-hydrogen) atoms. The Hall–Kier alpha value is -1.35. The number of rotatable bonds is 5. The van der Waals surface area contributed by atoms with Crippen LogP contribution in [-0.4, -0.2) is 25.6 Å². The van der Waals surface area contributed by atoms with Gasteiger partial charge in [-0.25, -0.2) is 0 Å². The van der Waals surface area contributed by atoms with Gasteiger partial charge in [-0.2, -0.15) is 0 Å². The Balaban J connectivity index is 1.82. The molecule has 3 nitrogen and oxygen atoms in total. The minimum atomic E-state index is 0.0481. The van der Waals surface area contributed by atoms with Gasteiger partial charge in [0.05, 0.1) is 13.2 Å². The number of hydrogen-bond donors (Lipinski definition) is 0. The Labute approximate surface area is 114 Å². The van der Waals surface area contributed by atoms with Crippen molar-refractivity contribution < 1.29 is 14.3 Å². The van der Waals surface area contributed by atoms with Gasteiger partial charge in [0.15, 0.2) is 5.78 Å². The SMILES string of the molecule is COc1ccc(C(=O)COC2CCCCCC2)cc1. The summed E-state index contributed by atoms with van der Waals surface area (Å²) in [7, 11) is 1.62. The molecule has 0 atom stereocenters. The van der Waals surface area contributed by atoms with Crippen molar-refractivity contribution in [3.63, 3.8) is 0 Å². The van der Waals surface area contributed by atoms with Crippen molar-refractivity contribution in [1.82, 2.24) is 0 Å². The number of ether oxygens (including phenoxy) is 2. The van der Waals surface area contributed by atoms with Gasteiger partial charge in [-0.3, -0.25) is 4.79 Å². The number of benzene rings is 1. The van der Waals surface area contributed by atoms with Gasteiger partial charge in [-0.1, -0.05) is 25.7 Å². The van der Waals surface area contributed by atoms with Gasteiger partial charge in [0.2, 0.25) is 0 Å². The minimum Gasteiger partial charge on any atom is -0.497 e. The number of carbonyl (C=O) groups excluding carboxylic acids is 1. The van der Waals surface area contributed by atoms with E-state index in [1.807, 2.05) is 0 Å². The highest BCUT2D eigenvalue weighted by atomic mass is 16.5. The second-order valence-electron chi connectivity index (χ2n) is 5.08. The van der Waals surface area contributed by atoms with Crippen LogP contribution in [0, 0.1) is 0 Å². The number of hydrogen-bond acceptors (Lipinski definition) is 3. The lowest BCUT2D eigenvalue weighted by Crippen LogP contribution is -2.18. The number of methoxy groups -OCH3 is 1. The van der Waals surface area contributed by atoms with Crippen molar-refractivity contribution in [2.75, 3.05) is 13.7 Å². The number of Topliss-reactive ketones (excluding diaryl/α,β-unsaturated/α-hetero) is 1. The van der Waals surface area contributed by atoms with E-state index in [2.05, 4.69) is 0 Å². The van der Waals surface area contributed by atoms with Crippen LogP contribution in [-0.2, 0) is 4.74 Å². The zero-order valence-electron chi connectivity index (χ0n) is 11.6. The molecular weight excluding hydrogens is 240 g/mol. The summed E-state index contributed by atoms with van der Waals surface area (Å²) in [6, 6.07) is 7.19. The standard InChI is InChI=1S/C16H22O3/c1-18-14-10-8-13(9-11-14)16(17)12-19-15-6-4-2-3-5-7-15/h8-11,15H,2-7,12H2,1H3. The lowest BCUT2D eigenvalue weighted by Gasteiger charge is -2.14. The average Bonchev–Trinajstić information content (AvgIpc) is 2.73. The topological polar surface area (TPSA) is 35.5 Å². The Morgan fingerprint density at radius 3 is 2.32 bits per heavy atom. The van der Waals surface area contributed by atoms with Gasteiger partial charge in [0, 0.05) is 5.56 Å². The molecule has 1 aromatic carbocycles. The van der Waals surface area contributed by atoms with Crippen molar-refractivity contribution in [3.05, 3.63) is 29.8 Å². The Morgan fingerprint density at radius 2 is 1.74 bits per heavy atom. The molecule has 0 N–H and O–H groups in total. The molecule has 3 heteroatoms. The highest BCUT2D eigenvalue weighted by Crippen LogP contribution is 2.20. The van der Waals surface area contributed by atoms with Crippen LogP contribution in [0.1, 0.15) is 48.9 Å². The molecule has 2 rings (SSSR count). The van der Waals surface area contributed by atoms with Crippen molar-refractivity contribution in [2.45, 2.75) is 44.6 Å². The first-order chi connectivity index (χ1) is 9.29. The lowest BCUT2D eigenvalue weighted by molar-refractivity contribution is 0.0389. The molecule has 0 aliphatic heterocycles. The van der Waals surface area contributed by atoms with E-state index < -0.39 is 0 Å². The molecule has 104 valence electrons. The van der Waals surface area contributed by atoms with Gasteiger partial charge in [-0.15, -0.1) is 0 Å². The van der Waals surface area contributed by atoms with E-state index in [4.69, 9.17) is 9.47 Å². The zero-order valence-corrected chi connectivity index (χ0v) is 11.6. The molecular formula is C16H22O3. The van der Waals surface area contributed by atoms with E-state index >= 15 is 0 Å². The third-order valence-electron chi connectivity index (χ3n) is 3.66. The smallest absolute Gasteiger partial charge is 0.188 e. The summed E-state index contributed by atoms with van der Waals surface area (Å²) >= 11 is 0. The summed E-state index contributed by atoms with van der Waals surface area (Å²) in [5.74, 6) is 0.813. The Morgan fingerprint density at radius 1 is 1.11 bits per heavy atom. The molecule has 0 unspecified atom stereocenters. The molecule has 1 fully saturated rings. The summed E-state index contributed by atoms with van der Waals surface area (Å²) in [6.07, 6.45) is 7.50. The molecule has 0 spiro atoms. The Bertz CT molecular complexity index is 389. The second kappa shape index (κ2) is 7.29. The van der Waals surface area contributed by atoms with Crippen molar-refractivity contribution in [1.29, 1.82) is 0 Å². The van der Waals surface area contributed by atoms with Gasteiger partial charge in [0.1, 0.15) is 12.4 Å². The summed E-state index contributed by atoms with van der Waals surface area (Å²) < 4.78 is 10.8. The predicted octanol–water partition coefficient (Wildman–Crippen LogP) is 3.62. The van der Waals surface area contributed by atoms with Gasteiger partial charge in [-0.05, 0) is 37.1 Å². The first kappa shape index (κ1) is 14.1. The highest BCUT2D eigenvalue weighted by Gasteiger charge is 2.15. The zero-order chi connectivity index (χ0) is 13.5. The van der Waals surface area contributed by atoms with Crippen LogP contribution in [0.4, 0.5) is 0 Å². The Kier molecular flexibility index (Phi) is 5.40. The maximum absolute atomic E-state index is 12.0. The summed E-state index contributed by atoms with van der Waals surface area (Å²) in [6.45, 7) is 0.191. The summed E-state index contributed by atoms with van der Waals surface area (Å²) in [5, 5.41) is 0. The quantitative estimate of drug-likeness (QED) is 0.600. The third-order valence-corrected chi connectivity index (χ3v) is 3.66. The van der Waals surface area contributed by atoms with Crippen molar-refractivity contribution in [2.24, 2.45) is 0 Å². The monoisotopic (exact) mass is 262 g/mol. The largest absolute Gasteiger partial charge is 0.497 e. The molecule has 0 heterocycles. The van der Waals surface area contributed by atoms with Gasteiger partial charge >= 0.3 is 0 Å². The van der Waals surface area contributed by atoms with Gasteiger partial charge < -0.3 is 9.47 Å². The van der Waals surface area contributed by atoms with Crippen LogP contribution < -0.4 is 4.74 Å². The fourth-order valence-corrected chi connectivity index (χ4v) is 2.46. The van der Waals surface area contributed by atoms with E-state index in [0.29, 0.717) is 5.56 Å². The molecule has 1 aromatic rings. The van der Waals surface area contributed by atoms with Crippen molar-refractivity contribution >= 4 is 5.78 Å². The van der Waals surface area contributed by atoms with E-state index in [0.717, 1.165) is 18.6 Å². The molecule has 0 bridgehead atoms. The van der Waals surface area contributed by atoms with Gasteiger partial charge in [0.25, 0.3) is 0 Å². The van der Waals surface area contributed by atoms with Crippen LogP contribution >= 0.6 is 0 Å². The minimum absolute atomic E-state index is 0.0481. The molecule has 0 saturated heterocycles. The van der Waals surface area contributed by atoms with Crippen molar-refractivity contribution in [3.8, 4) is 5.75 Å². The summed E-state index contributed by atoms with van der Waals surface area (Å²) in [4.78, 5) is 12.0. The predicted molar refractivity (Wildman–Crippen MR) is 74.8 cm³/mol.